The molecular formula is C18H12FN3OS3. The SMILES string of the molecule is Cc1nc(-c2ccsc2)sc1C(=O)Nc1nc(-c2ccc(F)cc2)cs1. The average Bonchev–Trinajstić information content (AvgIpc) is 3.35. The van der Waals surface area contributed by atoms with Crippen LogP contribution < -0.4 is 5.32 Å². The highest BCUT2D eigenvalue weighted by atomic mass is 32.1. The molecule has 8 heteroatoms. The number of hydrogen-bond donors (Lipinski definition) is 1. The van der Waals surface area contributed by atoms with E-state index in [-0.39, 0.29) is 11.7 Å². The van der Waals surface area contributed by atoms with E-state index in [1.54, 1.807) is 23.5 Å². The molecule has 3 heterocycles. The van der Waals surface area contributed by atoms with E-state index < -0.39 is 0 Å². The maximum atomic E-state index is 13.0. The van der Waals surface area contributed by atoms with E-state index in [0.717, 1.165) is 16.1 Å². The van der Waals surface area contributed by atoms with E-state index in [0.29, 0.717) is 21.4 Å². The van der Waals surface area contributed by atoms with Gasteiger partial charge in [-0.3, -0.25) is 10.1 Å². The molecule has 0 fully saturated rings. The van der Waals surface area contributed by atoms with Crippen molar-refractivity contribution in [3.8, 4) is 21.8 Å². The number of hydrogen-bond acceptors (Lipinski definition) is 6. The molecule has 4 aromatic rings. The highest BCUT2D eigenvalue weighted by molar-refractivity contribution is 7.18. The lowest BCUT2D eigenvalue weighted by molar-refractivity contribution is 0.103. The van der Waals surface area contributed by atoms with Crippen molar-refractivity contribution >= 4 is 45.0 Å². The van der Waals surface area contributed by atoms with Crippen molar-refractivity contribution in [2.45, 2.75) is 6.92 Å². The van der Waals surface area contributed by atoms with Crippen LogP contribution in [0.5, 0.6) is 0 Å². The lowest BCUT2D eigenvalue weighted by Gasteiger charge is -1.99. The molecule has 3 aromatic heterocycles. The van der Waals surface area contributed by atoms with E-state index in [4.69, 9.17) is 0 Å². The van der Waals surface area contributed by atoms with Gasteiger partial charge in [-0.25, -0.2) is 14.4 Å². The molecule has 1 amide bonds. The molecule has 0 atom stereocenters. The molecule has 4 rings (SSSR count). The van der Waals surface area contributed by atoms with Gasteiger partial charge in [-0.2, -0.15) is 11.3 Å². The van der Waals surface area contributed by atoms with E-state index in [2.05, 4.69) is 15.3 Å². The quantitative estimate of drug-likeness (QED) is 0.478. The van der Waals surface area contributed by atoms with Crippen molar-refractivity contribution in [3.05, 3.63) is 62.9 Å². The van der Waals surface area contributed by atoms with Gasteiger partial charge in [0.1, 0.15) is 15.7 Å². The average molecular weight is 402 g/mol. The molecule has 0 saturated carbocycles. The van der Waals surface area contributed by atoms with E-state index in [1.165, 1.54) is 34.8 Å². The summed E-state index contributed by atoms with van der Waals surface area (Å²) in [6.07, 6.45) is 0. The zero-order valence-electron chi connectivity index (χ0n) is 13.5. The van der Waals surface area contributed by atoms with Crippen LogP contribution in [-0.2, 0) is 0 Å². The summed E-state index contributed by atoms with van der Waals surface area (Å²) in [5.41, 5.74) is 3.22. The van der Waals surface area contributed by atoms with Crippen LogP contribution in [0.3, 0.4) is 0 Å². The Balaban J connectivity index is 1.53. The van der Waals surface area contributed by atoms with Crippen LogP contribution in [0.2, 0.25) is 0 Å². The lowest BCUT2D eigenvalue weighted by Crippen LogP contribution is -2.11. The van der Waals surface area contributed by atoms with Gasteiger partial charge in [0, 0.05) is 21.9 Å². The van der Waals surface area contributed by atoms with Crippen LogP contribution in [0.4, 0.5) is 9.52 Å². The summed E-state index contributed by atoms with van der Waals surface area (Å²) in [6, 6.07) is 8.09. The largest absolute Gasteiger partial charge is 0.297 e. The Bertz CT molecular complexity index is 1050. The zero-order chi connectivity index (χ0) is 18.1. The topological polar surface area (TPSA) is 54.9 Å². The van der Waals surface area contributed by atoms with Crippen molar-refractivity contribution in [1.29, 1.82) is 0 Å². The summed E-state index contributed by atoms with van der Waals surface area (Å²) < 4.78 is 13.0. The molecule has 1 N–H and O–H groups in total. The van der Waals surface area contributed by atoms with Gasteiger partial charge in [-0.05, 0) is 42.6 Å². The number of thiazole rings is 2. The van der Waals surface area contributed by atoms with E-state index in [9.17, 15) is 9.18 Å². The third-order valence-corrected chi connectivity index (χ3v) is 6.28. The summed E-state index contributed by atoms with van der Waals surface area (Å²) in [7, 11) is 0. The summed E-state index contributed by atoms with van der Waals surface area (Å²) in [4.78, 5) is 22.1. The molecule has 0 saturated heterocycles. The van der Waals surface area contributed by atoms with Crippen LogP contribution in [0.1, 0.15) is 15.4 Å². The number of carbonyl (C=O) groups is 1. The highest BCUT2D eigenvalue weighted by Gasteiger charge is 2.18. The number of aromatic nitrogens is 2. The van der Waals surface area contributed by atoms with Gasteiger partial charge < -0.3 is 0 Å². The third kappa shape index (κ3) is 3.44. The first kappa shape index (κ1) is 17.0. The molecule has 0 unspecified atom stereocenters. The Morgan fingerprint density at radius 3 is 2.62 bits per heavy atom. The highest BCUT2D eigenvalue weighted by Crippen LogP contribution is 2.31. The summed E-state index contributed by atoms with van der Waals surface area (Å²) >= 11 is 4.30. The molecular weight excluding hydrogens is 389 g/mol. The first-order valence-electron chi connectivity index (χ1n) is 7.63. The number of thiophene rings is 1. The van der Waals surface area contributed by atoms with Gasteiger partial charge in [0.15, 0.2) is 5.13 Å². The summed E-state index contributed by atoms with van der Waals surface area (Å²) in [5, 5.41) is 9.99. The first-order valence-corrected chi connectivity index (χ1v) is 10.3. The lowest BCUT2D eigenvalue weighted by atomic mass is 10.2. The van der Waals surface area contributed by atoms with Crippen molar-refractivity contribution < 1.29 is 9.18 Å². The molecule has 0 aliphatic rings. The van der Waals surface area contributed by atoms with Gasteiger partial charge in [0.05, 0.1) is 11.4 Å². The van der Waals surface area contributed by atoms with Crippen molar-refractivity contribution in [3.63, 3.8) is 0 Å². The number of rotatable bonds is 4. The van der Waals surface area contributed by atoms with Gasteiger partial charge in [-0.1, -0.05) is 0 Å². The van der Waals surface area contributed by atoms with Gasteiger partial charge in [-0.15, -0.1) is 22.7 Å². The number of carbonyl (C=O) groups excluding carboxylic acids is 1. The molecule has 130 valence electrons. The number of benzene rings is 1. The van der Waals surface area contributed by atoms with Crippen LogP contribution in [0, 0.1) is 12.7 Å². The minimum atomic E-state index is -0.292. The molecule has 0 spiro atoms. The maximum Gasteiger partial charge on any atom is 0.269 e. The predicted molar refractivity (Wildman–Crippen MR) is 106 cm³/mol. The Hall–Kier alpha value is -2.42. The molecule has 0 aliphatic heterocycles. The predicted octanol–water partition coefficient (Wildman–Crippen LogP) is 5.69. The Morgan fingerprint density at radius 1 is 1.08 bits per heavy atom. The van der Waals surface area contributed by atoms with Crippen LogP contribution >= 0.6 is 34.0 Å². The number of amides is 1. The molecule has 1 aromatic carbocycles. The van der Waals surface area contributed by atoms with E-state index in [1.807, 2.05) is 29.1 Å². The van der Waals surface area contributed by atoms with Gasteiger partial charge in [0.25, 0.3) is 5.91 Å². The normalized spacial score (nSPS) is 10.8. The third-order valence-electron chi connectivity index (χ3n) is 3.64. The molecule has 26 heavy (non-hydrogen) atoms. The number of nitrogens with one attached hydrogen (secondary N) is 1. The molecule has 0 aliphatic carbocycles. The first-order chi connectivity index (χ1) is 12.6. The molecule has 0 bridgehead atoms. The Morgan fingerprint density at radius 2 is 1.88 bits per heavy atom. The maximum absolute atomic E-state index is 13.0. The van der Waals surface area contributed by atoms with Crippen molar-refractivity contribution in [2.75, 3.05) is 5.32 Å². The smallest absolute Gasteiger partial charge is 0.269 e. The fourth-order valence-corrected chi connectivity index (χ4v) is 4.74. The number of halogens is 1. The minimum absolute atomic E-state index is 0.221. The fraction of sp³-hybridized carbons (Fsp3) is 0.0556. The van der Waals surface area contributed by atoms with Crippen LogP contribution in [-0.4, -0.2) is 15.9 Å². The van der Waals surface area contributed by atoms with Crippen LogP contribution in [0.15, 0.2) is 46.5 Å². The van der Waals surface area contributed by atoms with Crippen molar-refractivity contribution in [1.82, 2.24) is 9.97 Å². The number of aryl methyl sites for hydroxylation is 1. The zero-order valence-corrected chi connectivity index (χ0v) is 16.0. The summed E-state index contributed by atoms with van der Waals surface area (Å²) in [6.45, 7) is 1.83. The second-order valence-electron chi connectivity index (χ2n) is 5.44. The Kier molecular flexibility index (Phi) is 4.62. The van der Waals surface area contributed by atoms with Gasteiger partial charge in [0.2, 0.25) is 0 Å². The number of anilines is 1. The minimum Gasteiger partial charge on any atom is -0.297 e. The van der Waals surface area contributed by atoms with Crippen LogP contribution in [0.25, 0.3) is 21.8 Å². The van der Waals surface area contributed by atoms with Gasteiger partial charge >= 0.3 is 0 Å². The molecule has 0 radical (unpaired) electrons. The number of nitrogens with zero attached hydrogens (tertiary/aromatic N) is 2. The van der Waals surface area contributed by atoms with E-state index >= 15 is 0 Å². The second-order valence-corrected chi connectivity index (χ2v) is 8.08. The Labute approximate surface area is 161 Å². The second kappa shape index (κ2) is 7.06. The monoisotopic (exact) mass is 401 g/mol. The fourth-order valence-electron chi connectivity index (χ4n) is 2.36. The van der Waals surface area contributed by atoms with Crippen molar-refractivity contribution in [2.24, 2.45) is 0 Å². The standard InChI is InChI=1S/C18H12FN3OS3/c1-10-15(26-17(20-10)12-6-7-24-8-12)16(23)22-18-21-14(9-25-18)11-2-4-13(19)5-3-11/h2-9H,1H3,(H,21,22,23). The summed E-state index contributed by atoms with van der Waals surface area (Å²) in [5.74, 6) is -0.513. The molecule has 4 nitrogen and oxygen atoms in total.